The molecule has 2 aromatic carbocycles. The molecule has 0 fully saturated rings. The third kappa shape index (κ3) is 4.14. The molecule has 3 heteroatoms. The van der Waals surface area contributed by atoms with E-state index in [9.17, 15) is 0 Å². The summed E-state index contributed by atoms with van der Waals surface area (Å²) in [6, 6.07) is 18.5. The summed E-state index contributed by atoms with van der Waals surface area (Å²) in [5.74, 6) is 0.770. The van der Waals surface area contributed by atoms with E-state index < -0.39 is 0 Å². The fourth-order valence-electron chi connectivity index (χ4n) is 1.73. The number of hydrogen-bond acceptors (Lipinski definition) is 1. The van der Waals surface area contributed by atoms with E-state index in [1.807, 2.05) is 30.3 Å². The van der Waals surface area contributed by atoms with Gasteiger partial charge in [0.25, 0.3) is 0 Å². The predicted octanol–water partition coefficient (Wildman–Crippen LogP) is 3.18. The van der Waals surface area contributed by atoms with E-state index >= 15 is 0 Å². The summed E-state index contributed by atoms with van der Waals surface area (Å²) in [7, 11) is 1.77. The first-order valence-electron chi connectivity index (χ1n) is 6.36. The lowest BCUT2D eigenvalue weighted by Gasteiger charge is -2.12. The van der Waals surface area contributed by atoms with Gasteiger partial charge < -0.3 is 10.6 Å². The third-order valence-electron chi connectivity index (χ3n) is 2.84. The third-order valence-corrected chi connectivity index (χ3v) is 2.84. The molecule has 0 aliphatic rings. The van der Waals surface area contributed by atoms with Crippen LogP contribution in [0.15, 0.2) is 59.6 Å². The molecule has 19 heavy (non-hydrogen) atoms. The van der Waals surface area contributed by atoms with Crippen LogP contribution >= 0.6 is 0 Å². The highest BCUT2D eigenvalue weighted by Crippen LogP contribution is 2.05. The van der Waals surface area contributed by atoms with Crippen LogP contribution in [-0.2, 0) is 6.54 Å². The maximum atomic E-state index is 4.21. The number of hydrogen-bond donors (Lipinski definition) is 2. The van der Waals surface area contributed by atoms with Crippen molar-refractivity contribution in [2.75, 3.05) is 12.4 Å². The van der Waals surface area contributed by atoms with Gasteiger partial charge >= 0.3 is 0 Å². The van der Waals surface area contributed by atoms with Gasteiger partial charge in [-0.15, -0.1) is 0 Å². The minimum absolute atomic E-state index is 0.757. The Hall–Kier alpha value is -2.29. The average Bonchev–Trinajstić information content (AvgIpc) is 2.46. The molecule has 0 aliphatic carbocycles. The molecule has 2 aromatic rings. The van der Waals surface area contributed by atoms with Crippen molar-refractivity contribution in [3.63, 3.8) is 0 Å². The molecule has 0 radical (unpaired) electrons. The Kier molecular flexibility index (Phi) is 4.56. The zero-order valence-electron chi connectivity index (χ0n) is 11.4. The molecule has 0 aromatic heterocycles. The monoisotopic (exact) mass is 253 g/mol. The summed E-state index contributed by atoms with van der Waals surface area (Å²) >= 11 is 0. The number of guanidine groups is 1. The molecular weight excluding hydrogens is 234 g/mol. The van der Waals surface area contributed by atoms with Crippen molar-refractivity contribution in [1.82, 2.24) is 5.32 Å². The van der Waals surface area contributed by atoms with Crippen LogP contribution in [0.2, 0.25) is 0 Å². The van der Waals surface area contributed by atoms with Gasteiger partial charge in [-0.25, -0.2) is 0 Å². The topological polar surface area (TPSA) is 36.4 Å². The molecule has 3 nitrogen and oxygen atoms in total. The number of benzene rings is 2. The van der Waals surface area contributed by atoms with E-state index in [0.717, 1.165) is 18.2 Å². The number of rotatable bonds is 3. The van der Waals surface area contributed by atoms with E-state index in [1.165, 1.54) is 11.1 Å². The second-order valence-corrected chi connectivity index (χ2v) is 4.40. The van der Waals surface area contributed by atoms with Crippen molar-refractivity contribution in [2.24, 2.45) is 4.99 Å². The maximum absolute atomic E-state index is 4.21. The van der Waals surface area contributed by atoms with Crippen LogP contribution in [0.3, 0.4) is 0 Å². The van der Waals surface area contributed by atoms with Gasteiger partial charge in [0, 0.05) is 19.3 Å². The average molecular weight is 253 g/mol. The highest BCUT2D eigenvalue weighted by Gasteiger charge is 1.98. The molecule has 0 bridgehead atoms. The Balaban J connectivity index is 1.91. The second kappa shape index (κ2) is 6.59. The Labute approximate surface area is 114 Å². The molecule has 2 rings (SSSR count). The van der Waals surface area contributed by atoms with Gasteiger partial charge in [-0.3, -0.25) is 4.99 Å². The lowest BCUT2D eigenvalue weighted by atomic mass is 10.1. The van der Waals surface area contributed by atoms with Gasteiger partial charge in [0.2, 0.25) is 0 Å². The van der Waals surface area contributed by atoms with Crippen LogP contribution in [0.25, 0.3) is 0 Å². The molecular formula is C16H19N3. The first-order valence-corrected chi connectivity index (χ1v) is 6.36. The van der Waals surface area contributed by atoms with Crippen molar-refractivity contribution in [3.8, 4) is 0 Å². The molecule has 2 N–H and O–H groups in total. The number of nitrogens with one attached hydrogen (secondary N) is 2. The number of aliphatic imine (C=N–C) groups is 1. The number of para-hydroxylation sites is 1. The van der Waals surface area contributed by atoms with E-state index in [-0.39, 0.29) is 0 Å². The van der Waals surface area contributed by atoms with Crippen LogP contribution in [0.1, 0.15) is 11.1 Å². The molecule has 98 valence electrons. The van der Waals surface area contributed by atoms with Crippen LogP contribution in [-0.4, -0.2) is 13.0 Å². The van der Waals surface area contributed by atoms with Gasteiger partial charge in [0.15, 0.2) is 5.96 Å². The van der Waals surface area contributed by atoms with Crippen LogP contribution in [0.4, 0.5) is 5.69 Å². The van der Waals surface area contributed by atoms with E-state index in [1.54, 1.807) is 7.05 Å². The van der Waals surface area contributed by atoms with Gasteiger partial charge in [-0.1, -0.05) is 48.0 Å². The highest BCUT2D eigenvalue weighted by molar-refractivity contribution is 5.93. The fraction of sp³-hybridized carbons (Fsp3) is 0.188. The van der Waals surface area contributed by atoms with Gasteiger partial charge in [-0.05, 0) is 24.6 Å². The predicted molar refractivity (Wildman–Crippen MR) is 81.4 cm³/mol. The summed E-state index contributed by atoms with van der Waals surface area (Å²) < 4.78 is 0. The van der Waals surface area contributed by atoms with Gasteiger partial charge in [0.05, 0.1) is 0 Å². The maximum Gasteiger partial charge on any atom is 0.195 e. The molecule has 0 atom stereocenters. The van der Waals surface area contributed by atoms with Crippen LogP contribution in [0.5, 0.6) is 0 Å². The summed E-state index contributed by atoms with van der Waals surface area (Å²) in [5, 5.41) is 6.54. The summed E-state index contributed by atoms with van der Waals surface area (Å²) in [6.07, 6.45) is 0. The first kappa shape index (κ1) is 13.1. The van der Waals surface area contributed by atoms with Crippen LogP contribution < -0.4 is 10.6 Å². The lowest BCUT2D eigenvalue weighted by Crippen LogP contribution is -2.30. The standard InChI is InChI=1S/C16H19N3/c1-13-8-10-14(11-9-13)12-18-16(17-2)19-15-6-4-3-5-7-15/h3-11H,12H2,1-2H3,(H2,17,18,19). The zero-order chi connectivity index (χ0) is 13.5. The highest BCUT2D eigenvalue weighted by atomic mass is 15.2. The molecule has 0 heterocycles. The van der Waals surface area contributed by atoms with E-state index in [2.05, 4.69) is 46.8 Å². The van der Waals surface area contributed by atoms with Gasteiger partial charge in [0.1, 0.15) is 0 Å². The normalized spacial score (nSPS) is 11.2. The molecule has 0 saturated heterocycles. The summed E-state index contributed by atoms with van der Waals surface area (Å²) in [6.45, 7) is 2.85. The molecule has 0 amide bonds. The first-order chi connectivity index (χ1) is 9.28. The fourth-order valence-corrected chi connectivity index (χ4v) is 1.73. The Bertz CT molecular complexity index is 530. The molecule has 0 aliphatic heterocycles. The van der Waals surface area contributed by atoms with Crippen molar-refractivity contribution < 1.29 is 0 Å². The SMILES string of the molecule is CN=C(NCc1ccc(C)cc1)Nc1ccccc1. The van der Waals surface area contributed by atoms with Crippen molar-refractivity contribution in [1.29, 1.82) is 0 Å². The number of nitrogens with zero attached hydrogens (tertiary/aromatic N) is 1. The second-order valence-electron chi connectivity index (χ2n) is 4.40. The van der Waals surface area contributed by atoms with Crippen molar-refractivity contribution in [3.05, 3.63) is 65.7 Å². The summed E-state index contributed by atoms with van der Waals surface area (Å²) in [5.41, 5.74) is 3.54. The lowest BCUT2D eigenvalue weighted by molar-refractivity contribution is 0.907. The Morgan fingerprint density at radius 1 is 1.00 bits per heavy atom. The Morgan fingerprint density at radius 3 is 2.32 bits per heavy atom. The number of anilines is 1. The molecule has 0 spiro atoms. The van der Waals surface area contributed by atoms with Crippen LogP contribution in [0, 0.1) is 6.92 Å². The minimum atomic E-state index is 0.757. The quantitative estimate of drug-likeness (QED) is 0.651. The van der Waals surface area contributed by atoms with E-state index in [0.29, 0.717) is 0 Å². The van der Waals surface area contributed by atoms with Crippen molar-refractivity contribution in [2.45, 2.75) is 13.5 Å². The molecule has 0 saturated carbocycles. The largest absolute Gasteiger partial charge is 0.352 e. The van der Waals surface area contributed by atoms with Gasteiger partial charge in [-0.2, -0.15) is 0 Å². The molecule has 0 unspecified atom stereocenters. The van der Waals surface area contributed by atoms with E-state index in [4.69, 9.17) is 0 Å². The minimum Gasteiger partial charge on any atom is -0.352 e. The zero-order valence-corrected chi connectivity index (χ0v) is 11.4. The summed E-state index contributed by atoms with van der Waals surface area (Å²) in [4.78, 5) is 4.21. The van der Waals surface area contributed by atoms with Crippen molar-refractivity contribution >= 4 is 11.6 Å². The smallest absolute Gasteiger partial charge is 0.195 e. The number of aryl methyl sites for hydroxylation is 1. The Morgan fingerprint density at radius 2 is 1.68 bits per heavy atom.